The van der Waals surface area contributed by atoms with Gasteiger partial charge in [-0.1, -0.05) is 6.07 Å². The minimum Gasteiger partial charge on any atom is -0.305 e. The summed E-state index contributed by atoms with van der Waals surface area (Å²) in [6.07, 6.45) is 5.87. The number of hydrogen-bond acceptors (Lipinski definition) is 4. The molecule has 0 amide bonds. The lowest BCUT2D eigenvalue weighted by Crippen LogP contribution is -2.19. The summed E-state index contributed by atoms with van der Waals surface area (Å²) in [5, 5.41) is 3.55. The molecule has 0 spiro atoms. The largest absolute Gasteiger partial charge is 0.305 e. The third-order valence-electron chi connectivity index (χ3n) is 3.50. The van der Waals surface area contributed by atoms with E-state index in [9.17, 15) is 0 Å². The van der Waals surface area contributed by atoms with Crippen molar-refractivity contribution in [3.63, 3.8) is 0 Å². The van der Waals surface area contributed by atoms with E-state index in [0.29, 0.717) is 0 Å². The van der Waals surface area contributed by atoms with Crippen molar-refractivity contribution < 1.29 is 0 Å². The fourth-order valence-electron chi connectivity index (χ4n) is 2.32. The van der Waals surface area contributed by atoms with Crippen LogP contribution < -0.4 is 5.32 Å². The smallest absolute Gasteiger partial charge is 0.194 e. The second kappa shape index (κ2) is 5.34. The van der Waals surface area contributed by atoms with E-state index < -0.39 is 0 Å². The lowest BCUT2D eigenvalue weighted by Gasteiger charge is -2.13. The van der Waals surface area contributed by atoms with E-state index in [0.717, 1.165) is 17.2 Å². The van der Waals surface area contributed by atoms with Crippen LogP contribution in [0.25, 0.3) is 4.96 Å². The minimum absolute atomic E-state index is 0.272. The Balaban J connectivity index is 1.78. The molecule has 0 aliphatic rings. The molecule has 20 heavy (non-hydrogen) atoms. The van der Waals surface area contributed by atoms with Gasteiger partial charge in [0.25, 0.3) is 0 Å². The lowest BCUT2D eigenvalue weighted by molar-refractivity contribution is 0.563. The lowest BCUT2D eigenvalue weighted by atomic mass is 10.1. The molecule has 0 radical (unpaired) electrons. The average molecular weight is 286 g/mol. The van der Waals surface area contributed by atoms with Crippen molar-refractivity contribution in [1.82, 2.24) is 19.7 Å². The predicted molar refractivity (Wildman–Crippen MR) is 82.0 cm³/mol. The Morgan fingerprint density at radius 3 is 3.00 bits per heavy atom. The van der Waals surface area contributed by atoms with Crippen molar-refractivity contribution in [2.45, 2.75) is 33.4 Å². The molecule has 0 saturated carbocycles. The van der Waals surface area contributed by atoms with Gasteiger partial charge in [0.05, 0.1) is 11.4 Å². The zero-order valence-electron chi connectivity index (χ0n) is 11.9. The Hall–Kier alpha value is -1.72. The maximum atomic E-state index is 4.61. The molecule has 1 N–H and O–H groups in total. The highest BCUT2D eigenvalue weighted by atomic mass is 32.1. The molecule has 3 aromatic rings. The van der Waals surface area contributed by atoms with E-state index in [-0.39, 0.29) is 6.04 Å². The van der Waals surface area contributed by atoms with Gasteiger partial charge < -0.3 is 5.32 Å². The van der Waals surface area contributed by atoms with E-state index >= 15 is 0 Å². The summed E-state index contributed by atoms with van der Waals surface area (Å²) in [7, 11) is 0. The fraction of sp³-hybridized carbons (Fsp3) is 0.333. The molecule has 4 nitrogen and oxygen atoms in total. The van der Waals surface area contributed by atoms with Crippen LogP contribution in [0.15, 0.2) is 30.7 Å². The molecular formula is C15H18N4S. The minimum atomic E-state index is 0.272. The van der Waals surface area contributed by atoms with Gasteiger partial charge in [-0.3, -0.25) is 9.38 Å². The number of rotatable bonds is 4. The first kappa shape index (κ1) is 13.3. The number of thiazole rings is 1. The maximum Gasteiger partial charge on any atom is 0.194 e. The standard InChI is InChI=1S/C15H18N4S/c1-10-9-19-14(12(3)18-15(19)20-10)8-17-11(2)13-5-4-6-16-7-13/h4-7,9,11,17H,8H2,1-3H3. The normalized spacial score (nSPS) is 12.9. The summed E-state index contributed by atoms with van der Waals surface area (Å²) in [4.78, 5) is 11.1. The van der Waals surface area contributed by atoms with Gasteiger partial charge >= 0.3 is 0 Å². The van der Waals surface area contributed by atoms with Crippen LogP contribution >= 0.6 is 11.3 Å². The molecule has 3 heterocycles. The highest BCUT2D eigenvalue weighted by Crippen LogP contribution is 2.21. The quantitative estimate of drug-likeness (QED) is 0.800. The Kier molecular flexibility index (Phi) is 3.54. The second-order valence-corrected chi connectivity index (χ2v) is 6.24. The van der Waals surface area contributed by atoms with Crippen LogP contribution in [0.2, 0.25) is 0 Å². The van der Waals surface area contributed by atoms with E-state index in [1.807, 2.05) is 12.3 Å². The molecule has 0 fully saturated rings. The van der Waals surface area contributed by atoms with Crippen molar-refractivity contribution in [1.29, 1.82) is 0 Å². The van der Waals surface area contributed by atoms with Crippen LogP contribution in [0.5, 0.6) is 0 Å². The van der Waals surface area contributed by atoms with Crippen molar-refractivity contribution in [3.8, 4) is 0 Å². The first-order chi connectivity index (χ1) is 9.65. The number of aromatic nitrogens is 3. The number of aryl methyl sites for hydroxylation is 2. The molecule has 0 aliphatic heterocycles. The number of fused-ring (bicyclic) bond motifs is 1. The summed E-state index contributed by atoms with van der Waals surface area (Å²) >= 11 is 1.73. The molecule has 5 heteroatoms. The first-order valence-electron chi connectivity index (χ1n) is 6.72. The van der Waals surface area contributed by atoms with Gasteiger partial charge in [-0.2, -0.15) is 0 Å². The summed E-state index contributed by atoms with van der Waals surface area (Å²) in [5.41, 5.74) is 3.54. The van der Waals surface area contributed by atoms with Gasteiger partial charge in [-0.05, 0) is 32.4 Å². The molecule has 104 valence electrons. The summed E-state index contributed by atoms with van der Waals surface area (Å²) in [5.74, 6) is 0. The van der Waals surface area contributed by atoms with Gasteiger partial charge in [-0.25, -0.2) is 4.98 Å². The van der Waals surface area contributed by atoms with E-state index in [2.05, 4.69) is 52.7 Å². The van der Waals surface area contributed by atoms with Gasteiger partial charge in [-0.15, -0.1) is 11.3 Å². The van der Waals surface area contributed by atoms with Gasteiger partial charge in [0, 0.05) is 36.1 Å². The van der Waals surface area contributed by atoms with Gasteiger partial charge in [0.2, 0.25) is 0 Å². The molecule has 0 aromatic carbocycles. The number of nitrogens with zero attached hydrogens (tertiary/aromatic N) is 3. The Labute approximate surface area is 122 Å². The molecule has 0 saturated heterocycles. The number of imidazole rings is 1. The van der Waals surface area contributed by atoms with Crippen LogP contribution in [0.4, 0.5) is 0 Å². The molecular weight excluding hydrogens is 268 g/mol. The third kappa shape index (κ3) is 2.46. The highest BCUT2D eigenvalue weighted by Gasteiger charge is 2.12. The fourth-order valence-corrected chi connectivity index (χ4v) is 3.21. The molecule has 1 atom stereocenters. The predicted octanol–water partition coefficient (Wildman–Crippen LogP) is 3.26. The zero-order valence-corrected chi connectivity index (χ0v) is 12.7. The van der Waals surface area contributed by atoms with Crippen LogP contribution in [-0.4, -0.2) is 14.4 Å². The van der Waals surface area contributed by atoms with Crippen LogP contribution in [-0.2, 0) is 6.54 Å². The van der Waals surface area contributed by atoms with Crippen molar-refractivity contribution >= 4 is 16.3 Å². The van der Waals surface area contributed by atoms with E-state index in [4.69, 9.17) is 0 Å². The second-order valence-electron chi connectivity index (χ2n) is 5.03. The van der Waals surface area contributed by atoms with Gasteiger partial charge in [0.1, 0.15) is 0 Å². The Morgan fingerprint density at radius 2 is 2.25 bits per heavy atom. The average Bonchev–Trinajstić information content (AvgIpc) is 2.92. The number of pyridine rings is 1. The van der Waals surface area contributed by atoms with Gasteiger partial charge in [0.15, 0.2) is 4.96 Å². The third-order valence-corrected chi connectivity index (χ3v) is 4.40. The zero-order chi connectivity index (χ0) is 14.1. The maximum absolute atomic E-state index is 4.61. The molecule has 3 aromatic heterocycles. The first-order valence-corrected chi connectivity index (χ1v) is 7.54. The molecule has 3 rings (SSSR count). The Morgan fingerprint density at radius 1 is 1.40 bits per heavy atom. The summed E-state index contributed by atoms with van der Waals surface area (Å²) in [6, 6.07) is 4.34. The Bertz CT molecular complexity index is 714. The van der Waals surface area contributed by atoms with Crippen LogP contribution in [0.1, 0.15) is 34.8 Å². The number of hydrogen-bond donors (Lipinski definition) is 1. The molecule has 0 bridgehead atoms. The van der Waals surface area contributed by atoms with Crippen molar-refractivity contribution in [3.05, 3.63) is 52.6 Å². The monoisotopic (exact) mass is 286 g/mol. The van der Waals surface area contributed by atoms with Crippen molar-refractivity contribution in [2.24, 2.45) is 0 Å². The van der Waals surface area contributed by atoms with E-state index in [1.165, 1.54) is 16.1 Å². The highest BCUT2D eigenvalue weighted by molar-refractivity contribution is 7.17. The molecule has 1 unspecified atom stereocenters. The van der Waals surface area contributed by atoms with Crippen LogP contribution in [0.3, 0.4) is 0 Å². The van der Waals surface area contributed by atoms with Crippen molar-refractivity contribution in [2.75, 3.05) is 0 Å². The summed E-state index contributed by atoms with van der Waals surface area (Å²) < 4.78 is 2.19. The SMILES string of the molecule is Cc1cn2c(CNC(C)c3cccnc3)c(C)nc2s1. The topological polar surface area (TPSA) is 42.2 Å². The van der Waals surface area contributed by atoms with E-state index in [1.54, 1.807) is 17.5 Å². The van der Waals surface area contributed by atoms with Crippen LogP contribution in [0, 0.1) is 13.8 Å². The molecule has 0 aliphatic carbocycles. The number of nitrogens with one attached hydrogen (secondary N) is 1. The summed E-state index contributed by atoms with van der Waals surface area (Å²) in [6.45, 7) is 7.15.